The quantitative estimate of drug-likeness (QED) is 0.806. The van der Waals surface area contributed by atoms with Crippen molar-refractivity contribution in [2.75, 3.05) is 12.4 Å². The number of rotatable bonds is 4. The van der Waals surface area contributed by atoms with Gasteiger partial charge in [-0.25, -0.2) is 18.4 Å². The molecule has 0 atom stereocenters. The van der Waals surface area contributed by atoms with Crippen LogP contribution in [0.1, 0.15) is 20.9 Å². The van der Waals surface area contributed by atoms with Crippen LogP contribution in [-0.2, 0) is 14.8 Å². The summed E-state index contributed by atoms with van der Waals surface area (Å²) in [5, 5.41) is 6.80. The Kier molecular flexibility index (Phi) is 4.29. The number of hydrogen-bond donors (Lipinski definition) is 2. The second kappa shape index (κ2) is 6.00. The maximum Gasteiger partial charge on any atom is 0.339 e. The zero-order valence-electron chi connectivity index (χ0n) is 11.4. The van der Waals surface area contributed by atoms with Gasteiger partial charge < -0.3 is 14.5 Å². The standard InChI is InChI=1S/C13H12N2O6S/c1-20-13(17)8-4-2-3-5-9(8)15-12(16)10-6-7-11(21-10)22(14,18)19/h2-7H,1H3,(H,15,16)(H2,14,18,19). The Labute approximate surface area is 125 Å². The van der Waals surface area contributed by atoms with Crippen molar-refractivity contribution < 1.29 is 27.2 Å². The van der Waals surface area contributed by atoms with Crippen molar-refractivity contribution in [3.05, 3.63) is 47.7 Å². The SMILES string of the molecule is COC(=O)c1ccccc1NC(=O)c1ccc(S(N)(=O)=O)o1. The van der Waals surface area contributed by atoms with Gasteiger partial charge in [0.2, 0.25) is 5.09 Å². The number of methoxy groups -OCH3 is 1. The predicted molar refractivity (Wildman–Crippen MR) is 75.8 cm³/mol. The number of amides is 1. The van der Waals surface area contributed by atoms with Crippen LogP contribution in [0.5, 0.6) is 0 Å². The molecule has 22 heavy (non-hydrogen) atoms. The van der Waals surface area contributed by atoms with E-state index in [-0.39, 0.29) is 17.0 Å². The fourth-order valence-electron chi connectivity index (χ4n) is 1.66. The molecule has 116 valence electrons. The molecule has 2 rings (SSSR count). The number of esters is 1. The fourth-order valence-corrected chi connectivity index (χ4v) is 2.12. The molecule has 0 bridgehead atoms. The lowest BCUT2D eigenvalue weighted by atomic mass is 10.2. The molecule has 0 aliphatic carbocycles. The highest BCUT2D eigenvalue weighted by atomic mass is 32.2. The molecular weight excluding hydrogens is 312 g/mol. The van der Waals surface area contributed by atoms with Crippen LogP contribution >= 0.6 is 0 Å². The minimum absolute atomic E-state index is 0.150. The highest BCUT2D eigenvalue weighted by Crippen LogP contribution is 2.18. The number of carbonyl (C=O) groups is 2. The summed E-state index contributed by atoms with van der Waals surface area (Å²) < 4.78 is 31.7. The van der Waals surface area contributed by atoms with E-state index in [2.05, 4.69) is 10.1 Å². The summed E-state index contributed by atoms with van der Waals surface area (Å²) in [7, 11) is -2.82. The van der Waals surface area contributed by atoms with Gasteiger partial charge >= 0.3 is 5.97 Å². The van der Waals surface area contributed by atoms with Gasteiger partial charge in [0.1, 0.15) is 0 Å². The molecule has 9 heteroatoms. The fraction of sp³-hybridized carbons (Fsp3) is 0.0769. The normalized spacial score (nSPS) is 11.0. The van der Waals surface area contributed by atoms with E-state index in [1.165, 1.54) is 19.2 Å². The molecule has 0 aliphatic heterocycles. The maximum atomic E-state index is 12.0. The van der Waals surface area contributed by atoms with Crippen LogP contribution in [-0.4, -0.2) is 27.4 Å². The molecule has 1 aromatic carbocycles. The number of nitrogens with two attached hydrogens (primary N) is 1. The molecule has 0 unspecified atom stereocenters. The smallest absolute Gasteiger partial charge is 0.339 e. The van der Waals surface area contributed by atoms with E-state index in [0.717, 1.165) is 12.1 Å². The Morgan fingerprint density at radius 3 is 2.45 bits per heavy atom. The number of carbonyl (C=O) groups excluding carboxylic acids is 2. The van der Waals surface area contributed by atoms with Crippen LogP contribution in [0.25, 0.3) is 0 Å². The van der Waals surface area contributed by atoms with E-state index in [1.54, 1.807) is 12.1 Å². The third-order valence-corrected chi connectivity index (χ3v) is 3.45. The molecule has 8 nitrogen and oxygen atoms in total. The largest absolute Gasteiger partial charge is 0.465 e. The summed E-state index contributed by atoms with van der Waals surface area (Å²) in [6, 6.07) is 8.41. The van der Waals surface area contributed by atoms with Gasteiger partial charge in [-0.2, -0.15) is 0 Å². The molecule has 1 aromatic heterocycles. The first-order valence-corrected chi connectivity index (χ1v) is 7.49. The van der Waals surface area contributed by atoms with E-state index in [9.17, 15) is 18.0 Å². The van der Waals surface area contributed by atoms with Crippen LogP contribution in [0.15, 0.2) is 45.9 Å². The minimum atomic E-state index is -4.03. The molecule has 3 N–H and O–H groups in total. The van der Waals surface area contributed by atoms with Crippen molar-refractivity contribution in [2.45, 2.75) is 5.09 Å². The van der Waals surface area contributed by atoms with E-state index in [4.69, 9.17) is 9.56 Å². The number of hydrogen-bond acceptors (Lipinski definition) is 6. The first kappa shape index (κ1) is 15.7. The van der Waals surface area contributed by atoms with Crippen molar-refractivity contribution in [1.29, 1.82) is 0 Å². The number of nitrogens with one attached hydrogen (secondary N) is 1. The van der Waals surface area contributed by atoms with E-state index in [1.807, 2.05) is 0 Å². The molecule has 0 aliphatic rings. The van der Waals surface area contributed by atoms with E-state index < -0.39 is 27.0 Å². The van der Waals surface area contributed by atoms with Crippen molar-refractivity contribution >= 4 is 27.6 Å². The lowest BCUT2D eigenvalue weighted by Crippen LogP contribution is -2.15. The highest BCUT2D eigenvalue weighted by molar-refractivity contribution is 7.89. The molecule has 0 radical (unpaired) electrons. The third kappa shape index (κ3) is 3.32. The molecule has 0 saturated heterocycles. The average Bonchev–Trinajstić information content (AvgIpc) is 2.97. The molecular formula is C13H12N2O6S. The highest BCUT2D eigenvalue weighted by Gasteiger charge is 2.19. The third-order valence-electron chi connectivity index (χ3n) is 2.67. The summed E-state index contributed by atoms with van der Waals surface area (Å²) in [5.74, 6) is -1.62. The lowest BCUT2D eigenvalue weighted by Gasteiger charge is -2.08. The second-order valence-electron chi connectivity index (χ2n) is 4.15. The zero-order valence-corrected chi connectivity index (χ0v) is 12.2. The Hall–Kier alpha value is -2.65. The number of ether oxygens (including phenoxy) is 1. The summed E-state index contributed by atoms with van der Waals surface area (Å²) in [6.07, 6.45) is 0. The van der Waals surface area contributed by atoms with Gasteiger partial charge in [-0.1, -0.05) is 12.1 Å². The predicted octanol–water partition coefficient (Wildman–Crippen LogP) is 0.966. The van der Waals surface area contributed by atoms with Crippen molar-refractivity contribution in [1.82, 2.24) is 0 Å². The summed E-state index contributed by atoms with van der Waals surface area (Å²) >= 11 is 0. The second-order valence-corrected chi connectivity index (χ2v) is 5.65. The summed E-state index contributed by atoms with van der Waals surface area (Å²) in [5.41, 5.74) is 0.351. The van der Waals surface area contributed by atoms with Crippen molar-refractivity contribution in [2.24, 2.45) is 5.14 Å². The lowest BCUT2D eigenvalue weighted by molar-refractivity contribution is 0.0602. The first-order valence-electron chi connectivity index (χ1n) is 5.94. The summed E-state index contributed by atoms with van der Waals surface area (Å²) in [6.45, 7) is 0. The van der Waals surface area contributed by atoms with Crippen molar-refractivity contribution in [3.63, 3.8) is 0 Å². The number of anilines is 1. The van der Waals surface area contributed by atoms with Crippen LogP contribution < -0.4 is 10.5 Å². The van der Waals surface area contributed by atoms with Crippen LogP contribution in [0.3, 0.4) is 0 Å². The molecule has 2 aromatic rings. The average molecular weight is 324 g/mol. The maximum absolute atomic E-state index is 12.0. The van der Waals surface area contributed by atoms with Gasteiger partial charge in [-0.05, 0) is 24.3 Å². The monoisotopic (exact) mass is 324 g/mol. The Morgan fingerprint density at radius 2 is 1.86 bits per heavy atom. The van der Waals surface area contributed by atoms with Crippen LogP contribution in [0.2, 0.25) is 0 Å². The Balaban J connectivity index is 2.26. The number of para-hydroxylation sites is 1. The van der Waals surface area contributed by atoms with Gasteiger partial charge in [0.25, 0.3) is 15.9 Å². The zero-order chi connectivity index (χ0) is 16.3. The molecule has 0 spiro atoms. The van der Waals surface area contributed by atoms with E-state index in [0.29, 0.717) is 0 Å². The van der Waals surface area contributed by atoms with Crippen LogP contribution in [0.4, 0.5) is 5.69 Å². The first-order chi connectivity index (χ1) is 10.3. The molecule has 0 saturated carbocycles. The Bertz CT molecular complexity index is 825. The van der Waals surface area contributed by atoms with Gasteiger partial charge in [-0.15, -0.1) is 0 Å². The molecule has 0 fully saturated rings. The number of furan rings is 1. The van der Waals surface area contributed by atoms with Gasteiger partial charge in [0, 0.05) is 0 Å². The number of sulfonamides is 1. The number of benzene rings is 1. The minimum Gasteiger partial charge on any atom is -0.465 e. The molecule has 1 amide bonds. The number of primary sulfonamides is 1. The van der Waals surface area contributed by atoms with Gasteiger partial charge in [0.15, 0.2) is 5.76 Å². The van der Waals surface area contributed by atoms with Gasteiger partial charge in [-0.3, -0.25) is 4.79 Å². The van der Waals surface area contributed by atoms with Gasteiger partial charge in [0.05, 0.1) is 18.4 Å². The topological polar surface area (TPSA) is 129 Å². The van der Waals surface area contributed by atoms with Crippen molar-refractivity contribution in [3.8, 4) is 0 Å². The molecule has 1 heterocycles. The van der Waals surface area contributed by atoms with Crippen LogP contribution in [0, 0.1) is 0 Å². The summed E-state index contributed by atoms with van der Waals surface area (Å²) in [4.78, 5) is 23.6. The Morgan fingerprint density at radius 1 is 1.18 bits per heavy atom. The van der Waals surface area contributed by atoms with E-state index >= 15 is 0 Å².